The Morgan fingerprint density at radius 3 is 2.74 bits per heavy atom. The van der Waals surface area contributed by atoms with Crippen molar-refractivity contribution in [3.05, 3.63) is 45.9 Å². The summed E-state index contributed by atoms with van der Waals surface area (Å²) in [5, 5.41) is 6.43. The van der Waals surface area contributed by atoms with Crippen LogP contribution in [0.25, 0.3) is 0 Å². The van der Waals surface area contributed by atoms with Crippen LogP contribution in [0.15, 0.2) is 34.6 Å². The number of benzene rings is 1. The third kappa shape index (κ3) is 6.22. The van der Waals surface area contributed by atoms with Gasteiger partial charge in [-0.15, -0.1) is 11.3 Å². The van der Waals surface area contributed by atoms with Crippen molar-refractivity contribution in [2.75, 3.05) is 27.7 Å². The number of para-hydroxylation sites is 1. The van der Waals surface area contributed by atoms with Crippen LogP contribution in [-0.4, -0.2) is 49.7 Å². The van der Waals surface area contributed by atoms with Crippen molar-refractivity contribution in [2.24, 2.45) is 4.99 Å². The number of nitrogens with one attached hydrogen (secondary N) is 1. The fourth-order valence-electron chi connectivity index (χ4n) is 2.57. The predicted molar refractivity (Wildman–Crippen MR) is 112 cm³/mol. The highest BCUT2D eigenvalue weighted by atomic mass is 32.1. The molecule has 0 aliphatic rings. The number of nitrogens with zero attached hydrogens (tertiary/aromatic N) is 3. The molecule has 0 amide bonds. The highest BCUT2D eigenvalue weighted by Crippen LogP contribution is 2.21. The van der Waals surface area contributed by atoms with Gasteiger partial charge >= 0.3 is 0 Å². The molecule has 6 nitrogen and oxygen atoms in total. The van der Waals surface area contributed by atoms with E-state index in [1.807, 2.05) is 39.1 Å². The van der Waals surface area contributed by atoms with Crippen molar-refractivity contribution < 1.29 is 9.47 Å². The molecule has 0 radical (unpaired) electrons. The Balaban J connectivity index is 1.87. The molecule has 7 heteroatoms. The quantitative estimate of drug-likeness (QED) is 0.551. The second-order valence-corrected chi connectivity index (χ2v) is 7.42. The van der Waals surface area contributed by atoms with Crippen molar-refractivity contribution >= 4 is 17.3 Å². The lowest BCUT2D eigenvalue weighted by Crippen LogP contribution is -2.42. The average molecular weight is 391 g/mol. The van der Waals surface area contributed by atoms with E-state index in [2.05, 4.69) is 38.6 Å². The summed E-state index contributed by atoms with van der Waals surface area (Å²) in [6.45, 7) is 7.44. The Hall–Kier alpha value is -2.12. The molecule has 1 N–H and O–H groups in total. The first kappa shape index (κ1) is 21.2. The molecule has 1 aromatic carbocycles. The van der Waals surface area contributed by atoms with Gasteiger partial charge in [0.25, 0.3) is 0 Å². The van der Waals surface area contributed by atoms with Gasteiger partial charge in [0.1, 0.15) is 23.0 Å². The van der Waals surface area contributed by atoms with E-state index in [-0.39, 0.29) is 12.2 Å². The minimum Gasteiger partial charge on any atom is -0.489 e. The molecule has 2 aromatic rings. The Kier molecular flexibility index (Phi) is 8.06. The molecule has 0 aliphatic heterocycles. The van der Waals surface area contributed by atoms with Gasteiger partial charge in [-0.1, -0.05) is 18.2 Å². The first-order chi connectivity index (χ1) is 12.9. The molecule has 2 rings (SSSR count). The molecule has 0 bridgehead atoms. The molecule has 27 heavy (non-hydrogen) atoms. The number of thiazole rings is 1. The van der Waals surface area contributed by atoms with Crippen LogP contribution in [0.2, 0.25) is 0 Å². The second kappa shape index (κ2) is 10.3. The molecule has 0 saturated carbocycles. The zero-order chi connectivity index (χ0) is 19.8. The molecule has 2 atom stereocenters. The van der Waals surface area contributed by atoms with Crippen molar-refractivity contribution in [3.8, 4) is 5.75 Å². The second-order valence-electron chi connectivity index (χ2n) is 6.53. The fraction of sp³-hybridized carbons (Fsp3) is 0.500. The molecule has 2 unspecified atom stereocenters. The standard InChI is InChI=1S/C20H30N4O2S/c1-14-9-7-8-10-18(14)26-15(2)11-22-20(21-4)24(5)12-17-13-27-19(23-17)16(3)25-6/h7-10,13,15-16H,11-12H2,1-6H3,(H,21,22). The molecule has 1 heterocycles. The number of guanidine groups is 1. The number of methoxy groups -OCH3 is 1. The Labute approximate surface area is 166 Å². The van der Waals surface area contributed by atoms with Crippen LogP contribution in [0.4, 0.5) is 0 Å². The molecular weight excluding hydrogens is 360 g/mol. The van der Waals surface area contributed by atoms with Crippen molar-refractivity contribution in [1.82, 2.24) is 15.2 Å². The molecular formula is C20H30N4O2S. The van der Waals surface area contributed by atoms with Crippen molar-refractivity contribution in [3.63, 3.8) is 0 Å². The van der Waals surface area contributed by atoms with E-state index in [1.54, 1.807) is 25.5 Å². The maximum absolute atomic E-state index is 6.02. The number of aromatic nitrogens is 1. The largest absolute Gasteiger partial charge is 0.489 e. The first-order valence-electron chi connectivity index (χ1n) is 9.05. The Morgan fingerprint density at radius 1 is 1.33 bits per heavy atom. The summed E-state index contributed by atoms with van der Waals surface area (Å²) < 4.78 is 11.3. The maximum Gasteiger partial charge on any atom is 0.193 e. The molecule has 148 valence electrons. The lowest BCUT2D eigenvalue weighted by atomic mass is 10.2. The summed E-state index contributed by atoms with van der Waals surface area (Å²) in [6, 6.07) is 8.04. The topological polar surface area (TPSA) is 59.0 Å². The van der Waals surface area contributed by atoms with E-state index in [4.69, 9.17) is 9.47 Å². The predicted octanol–water partition coefficient (Wildman–Crippen LogP) is 3.63. The van der Waals surface area contributed by atoms with Crippen LogP contribution in [0.5, 0.6) is 5.75 Å². The summed E-state index contributed by atoms with van der Waals surface area (Å²) in [6.07, 6.45) is 0.0376. The van der Waals surface area contributed by atoms with E-state index in [9.17, 15) is 0 Å². The van der Waals surface area contributed by atoms with Gasteiger partial charge < -0.3 is 19.7 Å². The number of hydrogen-bond donors (Lipinski definition) is 1. The van der Waals surface area contributed by atoms with Gasteiger partial charge in [-0.3, -0.25) is 4.99 Å². The first-order valence-corrected chi connectivity index (χ1v) is 9.93. The van der Waals surface area contributed by atoms with Gasteiger partial charge in [0, 0.05) is 26.6 Å². The summed E-state index contributed by atoms with van der Waals surface area (Å²) in [5.74, 6) is 1.72. The van der Waals surface area contributed by atoms with Gasteiger partial charge in [-0.05, 0) is 32.4 Å². The lowest BCUT2D eigenvalue weighted by Gasteiger charge is -2.23. The smallest absolute Gasteiger partial charge is 0.193 e. The molecule has 0 fully saturated rings. The zero-order valence-corrected chi connectivity index (χ0v) is 17.8. The lowest BCUT2D eigenvalue weighted by molar-refractivity contribution is 0.119. The highest BCUT2D eigenvalue weighted by molar-refractivity contribution is 7.09. The summed E-state index contributed by atoms with van der Waals surface area (Å²) in [5.41, 5.74) is 2.14. The van der Waals surface area contributed by atoms with Crippen LogP contribution in [0.3, 0.4) is 0 Å². The Morgan fingerprint density at radius 2 is 2.07 bits per heavy atom. The van der Waals surface area contributed by atoms with E-state index in [0.29, 0.717) is 13.1 Å². The van der Waals surface area contributed by atoms with Crippen LogP contribution >= 0.6 is 11.3 Å². The highest BCUT2D eigenvalue weighted by Gasteiger charge is 2.14. The normalized spacial score (nSPS) is 13.9. The average Bonchev–Trinajstić information content (AvgIpc) is 3.12. The van der Waals surface area contributed by atoms with Crippen LogP contribution in [0, 0.1) is 6.92 Å². The van der Waals surface area contributed by atoms with E-state index in [1.165, 1.54) is 0 Å². The maximum atomic E-state index is 6.02. The monoisotopic (exact) mass is 390 g/mol. The van der Waals surface area contributed by atoms with Gasteiger partial charge in [0.2, 0.25) is 0 Å². The third-order valence-corrected chi connectivity index (χ3v) is 5.27. The zero-order valence-electron chi connectivity index (χ0n) is 17.0. The molecule has 0 saturated heterocycles. The van der Waals surface area contributed by atoms with Gasteiger partial charge in [0.05, 0.1) is 18.8 Å². The summed E-state index contributed by atoms with van der Waals surface area (Å²) in [4.78, 5) is 11.1. The molecule has 1 aromatic heterocycles. The number of ether oxygens (including phenoxy) is 2. The van der Waals surface area contributed by atoms with E-state index in [0.717, 1.165) is 28.0 Å². The van der Waals surface area contributed by atoms with E-state index >= 15 is 0 Å². The Bertz CT molecular complexity index is 747. The SMILES string of the molecule is CN=C(NCC(C)Oc1ccccc1C)N(C)Cc1csc(C(C)OC)n1. The van der Waals surface area contributed by atoms with Crippen molar-refractivity contribution in [1.29, 1.82) is 0 Å². The van der Waals surface area contributed by atoms with Gasteiger partial charge in [0.15, 0.2) is 5.96 Å². The van der Waals surface area contributed by atoms with E-state index < -0.39 is 0 Å². The number of hydrogen-bond acceptors (Lipinski definition) is 5. The van der Waals surface area contributed by atoms with Gasteiger partial charge in [-0.25, -0.2) is 4.98 Å². The number of rotatable bonds is 8. The van der Waals surface area contributed by atoms with Crippen LogP contribution in [0.1, 0.15) is 36.2 Å². The third-order valence-electron chi connectivity index (χ3n) is 4.21. The molecule has 0 aliphatic carbocycles. The van der Waals surface area contributed by atoms with Gasteiger partial charge in [-0.2, -0.15) is 0 Å². The number of aryl methyl sites for hydroxylation is 1. The minimum absolute atomic E-state index is 0.0182. The van der Waals surface area contributed by atoms with Crippen LogP contribution < -0.4 is 10.1 Å². The summed E-state index contributed by atoms with van der Waals surface area (Å²) >= 11 is 1.62. The number of aliphatic imine (C=N–C) groups is 1. The fourth-order valence-corrected chi connectivity index (χ4v) is 3.41. The van der Waals surface area contributed by atoms with Crippen LogP contribution in [-0.2, 0) is 11.3 Å². The minimum atomic E-state index is 0.0182. The van der Waals surface area contributed by atoms with Crippen molar-refractivity contribution in [2.45, 2.75) is 39.5 Å². The summed E-state index contributed by atoms with van der Waals surface area (Å²) in [7, 11) is 5.48. The molecule has 0 spiro atoms.